The Balaban J connectivity index is 1.61. The van der Waals surface area contributed by atoms with E-state index < -0.39 is 0 Å². The standard InChI is InChI=1S/C23H37N3O5/c1-3-5-8-17(4-2)23(28)26(14-19-10-7-12-30-19)15-21-25-20(16-31-21)22(27)24-13-18-9-6-11-29-18/h16-19H,3-15H2,1-2H3,(H,24,27)/t17-,18+,19+/m1/s1. The Morgan fingerprint density at radius 3 is 2.58 bits per heavy atom. The second-order valence-electron chi connectivity index (χ2n) is 8.57. The van der Waals surface area contributed by atoms with Gasteiger partial charge in [-0.15, -0.1) is 0 Å². The predicted octanol–water partition coefficient (Wildman–Crippen LogP) is 3.31. The van der Waals surface area contributed by atoms with Crippen molar-refractivity contribution in [1.82, 2.24) is 15.2 Å². The molecule has 2 fully saturated rings. The topological polar surface area (TPSA) is 93.9 Å². The van der Waals surface area contributed by atoms with E-state index in [0.29, 0.717) is 19.0 Å². The number of unbranched alkanes of at least 4 members (excludes halogenated alkanes) is 1. The molecule has 174 valence electrons. The van der Waals surface area contributed by atoms with Gasteiger partial charge in [-0.1, -0.05) is 26.7 Å². The Hall–Kier alpha value is -1.93. The Labute approximate surface area is 185 Å². The summed E-state index contributed by atoms with van der Waals surface area (Å²) in [4.78, 5) is 31.8. The molecule has 0 saturated carbocycles. The molecule has 0 unspecified atom stereocenters. The van der Waals surface area contributed by atoms with Crippen LogP contribution in [0.4, 0.5) is 0 Å². The molecule has 0 spiro atoms. The first kappa shape index (κ1) is 23.7. The fourth-order valence-corrected chi connectivity index (χ4v) is 4.23. The van der Waals surface area contributed by atoms with Crippen LogP contribution in [-0.2, 0) is 20.8 Å². The first-order valence-electron chi connectivity index (χ1n) is 11.8. The smallest absolute Gasteiger partial charge is 0.273 e. The minimum Gasteiger partial charge on any atom is -0.446 e. The number of carbonyl (C=O) groups excluding carboxylic acids is 2. The van der Waals surface area contributed by atoms with Crippen LogP contribution < -0.4 is 5.32 Å². The fraction of sp³-hybridized carbons (Fsp3) is 0.783. The van der Waals surface area contributed by atoms with Crippen molar-refractivity contribution in [3.05, 3.63) is 17.8 Å². The van der Waals surface area contributed by atoms with Crippen molar-refractivity contribution >= 4 is 11.8 Å². The number of nitrogens with one attached hydrogen (secondary N) is 1. The number of ether oxygens (including phenoxy) is 2. The van der Waals surface area contributed by atoms with Crippen molar-refractivity contribution in [3.63, 3.8) is 0 Å². The van der Waals surface area contributed by atoms with Crippen LogP contribution in [0.5, 0.6) is 0 Å². The highest BCUT2D eigenvalue weighted by molar-refractivity contribution is 5.91. The lowest BCUT2D eigenvalue weighted by atomic mass is 9.97. The minimum atomic E-state index is -0.281. The van der Waals surface area contributed by atoms with E-state index in [1.54, 1.807) is 4.90 Å². The van der Waals surface area contributed by atoms with Gasteiger partial charge in [-0.05, 0) is 38.5 Å². The van der Waals surface area contributed by atoms with Gasteiger partial charge in [-0.25, -0.2) is 4.98 Å². The van der Waals surface area contributed by atoms with E-state index in [-0.39, 0.29) is 42.2 Å². The zero-order chi connectivity index (χ0) is 22.1. The summed E-state index contributed by atoms with van der Waals surface area (Å²) in [5.41, 5.74) is 0.232. The summed E-state index contributed by atoms with van der Waals surface area (Å²) in [7, 11) is 0. The maximum atomic E-state index is 13.3. The summed E-state index contributed by atoms with van der Waals surface area (Å²) in [6.45, 7) is 6.95. The summed E-state index contributed by atoms with van der Waals surface area (Å²) in [5.74, 6) is 0.204. The molecule has 2 aliphatic heterocycles. The number of hydrogen-bond donors (Lipinski definition) is 1. The summed E-state index contributed by atoms with van der Waals surface area (Å²) in [5, 5.41) is 2.85. The molecule has 2 saturated heterocycles. The van der Waals surface area contributed by atoms with Crippen molar-refractivity contribution in [2.45, 2.75) is 84.0 Å². The zero-order valence-corrected chi connectivity index (χ0v) is 18.9. The first-order chi connectivity index (χ1) is 15.1. The van der Waals surface area contributed by atoms with Gasteiger partial charge in [-0.3, -0.25) is 9.59 Å². The molecule has 0 radical (unpaired) electrons. The molecule has 0 aliphatic carbocycles. The maximum absolute atomic E-state index is 13.3. The molecule has 1 N–H and O–H groups in total. The lowest BCUT2D eigenvalue weighted by Gasteiger charge is -2.28. The molecular formula is C23H37N3O5. The molecule has 31 heavy (non-hydrogen) atoms. The molecule has 1 aromatic rings. The van der Waals surface area contributed by atoms with Crippen LogP contribution in [0.2, 0.25) is 0 Å². The normalized spacial score (nSPS) is 21.9. The van der Waals surface area contributed by atoms with E-state index in [1.807, 2.05) is 0 Å². The minimum absolute atomic E-state index is 0.00880. The fourth-order valence-electron chi connectivity index (χ4n) is 4.23. The lowest BCUT2D eigenvalue weighted by Crippen LogP contribution is -2.40. The van der Waals surface area contributed by atoms with Gasteiger partial charge in [0.2, 0.25) is 11.8 Å². The molecule has 3 heterocycles. The average molecular weight is 436 g/mol. The summed E-state index contributed by atoms with van der Waals surface area (Å²) in [6, 6.07) is 0. The Bertz CT molecular complexity index is 695. The molecule has 2 aliphatic rings. The lowest BCUT2D eigenvalue weighted by molar-refractivity contribution is -0.138. The molecule has 2 amide bonds. The quantitative estimate of drug-likeness (QED) is 0.541. The third-order valence-corrected chi connectivity index (χ3v) is 6.13. The van der Waals surface area contributed by atoms with E-state index >= 15 is 0 Å². The van der Waals surface area contributed by atoms with E-state index in [4.69, 9.17) is 13.9 Å². The highest BCUT2D eigenvalue weighted by Crippen LogP contribution is 2.21. The van der Waals surface area contributed by atoms with Crippen molar-refractivity contribution in [2.75, 3.05) is 26.3 Å². The average Bonchev–Trinajstić information content (AvgIpc) is 3.55. The van der Waals surface area contributed by atoms with Gasteiger partial charge in [-0.2, -0.15) is 0 Å². The molecule has 8 heteroatoms. The molecule has 0 bridgehead atoms. The zero-order valence-electron chi connectivity index (χ0n) is 18.9. The molecule has 1 aromatic heterocycles. The molecule has 3 rings (SSSR count). The van der Waals surface area contributed by atoms with Gasteiger partial charge < -0.3 is 24.1 Å². The molecule has 8 nitrogen and oxygen atoms in total. The summed E-state index contributed by atoms with van der Waals surface area (Å²) >= 11 is 0. The van der Waals surface area contributed by atoms with Crippen LogP contribution in [0.15, 0.2) is 10.7 Å². The molecule has 0 aromatic carbocycles. The van der Waals surface area contributed by atoms with Crippen molar-refractivity contribution in [2.24, 2.45) is 5.92 Å². The van der Waals surface area contributed by atoms with Crippen LogP contribution >= 0.6 is 0 Å². The third kappa shape index (κ3) is 7.04. The van der Waals surface area contributed by atoms with Crippen LogP contribution in [0.25, 0.3) is 0 Å². The Morgan fingerprint density at radius 1 is 1.19 bits per heavy atom. The number of nitrogens with zero attached hydrogens (tertiary/aromatic N) is 2. The first-order valence-corrected chi connectivity index (χ1v) is 11.8. The van der Waals surface area contributed by atoms with E-state index in [0.717, 1.165) is 64.6 Å². The second kappa shape index (κ2) is 12.2. The van der Waals surface area contributed by atoms with Gasteiger partial charge >= 0.3 is 0 Å². The Kier molecular flexibility index (Phi) is 9.33. The number of carbonyl (C=O) groups is 2. The molecular weight excluding hydrogens is 398 g/mol. The van der Waals surface area contributed by atoms with E-state index in [1.165, 1.54) is 6.26 Å². The maximum Gasteiger partial charge on any atom is 0.273 e. The van der Waals surface area contributed by atoms with Crippen LogP contribution in [0.1, 0.15) is 81.6 Å². The van der Waals surface area contributed by atoms with Gasteiger partial charge in [0.15, 0.2) is 5.69 Å². The largest absolute Gasteiger partial charge is 0.446 e. The highest BCUT2D eigenvalue weighted by Gasteiger charge is 2.28. The summed E-state index contributed by atoms with van der Waals surface area (Å²) in [6.07, 6.45) is 9.25. The number of oxazole rings is 1. The van der Waals surface area contributed by atoms with Gasteiger partial charge in [0.1, 0.15) is 6.26 Å². The van der Waals surface area contributed by atoms with Gasteiger partial charge in [0.25, 0.3) is 5.91 Å². The third-order valence-electron chi connectivity index (χ3n) is 6.13. The summed E-state index contributed by atoms with van der Waals surface area (Å²) < 4.78 is 16.9. The van der Waals surface area contributed by atoms with Crippen LogP contribution in [0.3, 0.4) is 0 Å². The number of rotatable bonds is 12. The predicted molar refractivity (Wildman–Crippen MR) is 116 cm³/mol. The number of amides is 2. The van der Waals surface area contributed by atoms with Crippen molar-refractivity contribution < 1.29 is 23.5 Å². The monoisotopic (exact) mass is 435 g/mol. The number of hydrogen-bond acceptors (Lipinski definition) is 6. The van der Waals surface area contributed by atoms with Gasteiger partial charge in [0.05, 0.1) is 18.8 Å². The van der Waals surface area contributed by atoms with Crippen LogP contribution in [0, 0.1) is 5.92 Å². The number of aromatic nitrogens is 1. The van der Waals surface area contributed by atoms with E-state index in [2.05, 4.69) is 24.1 Å². The Morgan fingerprint density at radius 2 is 1.94 bits per heavy atom. The molecule has 3 atom stereocenters. The van der Waals surface area contributed by atoms with Gasteiger partial charge in [0, 0.05) is 32.2 Å². The highest BCUT2D eigenvalue weighted by atomic mass is 16.5. The van der Waals surface area contributed by atoms with Crippen molar-refractivity contribution in [3.8, 4) is 0 Å². The SMILES string of the molecule is CCCC[C@@H](CC)C(=O)N(Cc1nc(C(=O)NC[C@@H]2CCCO2)co1)C[C@@H]1CCCO1. The van der Waals surface area contributed by atoms with Crippen LogP contribution in [-0.4, -0.2) is 60.2 Å². The van der Waals surface area contributed by atoms with E-state index in [9.17, 15) is 9.59 Å². The van der Waals surface area contributed by atoms with Crippen molar-refractivity contribution in [1.29, 1.82) is 0 Å². The second-order valence-corrected chi connectivity index (χ2v) is 8.57.